The van der Waals surface area contributed by atoms with Gasteiger partial charge in [-0.2, -0.15) is 5.26 Å². The number of pyridine rings is 1. The largest absolute Gasteiger partial charge is 0.397 e. The summed E-state index contributed by atoms with van der Waals surface area (Å²) in [6, 6.07) is 3.85. The zero-order valence-corrected chi connectivity index (χ0v) is 11.8. The molecule has 0 aromatic carbocycles. The van der Waals surface area contributed by atoms with Gasteiger partial charge in [-0.1, -0.05) is 0 Å². The molecular formula is C14H21N5. The summed E-state index contributed by atoms with van der Waals surface area (Å²) in [5.41, 5.74) is 6.95. The van der Waals surface area contributed by atoms with E-state index >= 15 is 0 Å². The van der Waals surface area contributed by atoms with Crippen molar-refractivity contribution in [2.24, 2.45) is 0 Å². The Labute approximate surface area is 114 Å². The van der Waals surface area contributed by atoms with Crippen LogP contribution in [-0.4, -0.2) is 43.1 Å². The molecule has 5 heteroatoms. The predicted octanol–water partition coefficient (Wildman–Crippen LogP) is 1.46. The van der Waals surface area contributed by atoms with Gasteiger partial charge in [-0.05, 0) is 39.4 Å². The highest BCUT2D eigenvalue weighted by atomic mass is 15.2. The Morgan fingerprint density at radius 1 is 1.42 bits per heavy atom. The molecule has 1 heterocycles. The average molecular weight is 259 g/mol. The van der Waals surface area contributed by atoms with Crippen LogP contribution in [0, 0.1) is 11.3 Å². The number of nitrogens with two attached hydrogens (primary N) is 1. The molecule has 1 aromatic rings. The van der Waals surface area contributed by atoms with Gasteiger partial charge in [0.2, 0.25) is 0 Å². The molecule has 102 valence electrons. The Bertz CT molecular complexity index is 499. The summed E-state index contributed by atoms with van der Waals surface area (Å²) in [6.07, 6.45) is 5.27. The molecular weight excluding hydrogens is 238 g/mol. The summed E-state index contributed by atoms with van der Waals surface area (Å²) in [5.74, 6) is 0.713. The van der Waals surface area contributed by atoms with Crippen LogP contribution >= 0.6 is 0 Å². The summed E-state index contributed by atoms with van der Waals surface area (Å²) in [7, 11) is 6.23. The maximum absolute atomic E-state index is 9.19. The number of hydrogen-bond acceptors (Lipinski definition) is 5. The number of nitrogens with zero attached hydrogens (tertiary/aromatic N) is 4. The molecule has 0 radical (unpaired) electrons. The molecule has 1 aliphatic carbocycles. The first-order chi connectivity index (χ1) is 8.98. The Morgan fingerprint density at radius 3 is 2.58 bits per heavy atom. The van der Waals surface area contributed by atoms with Gasteiger partial charge in [-0.15, -0.1) is 0 Å². The Morgan fingerprint density at radius 2 is 2.11 bits per heavy atom. The quantitative estimate of drug-likeness (QED) is 0.886. The van der Waals surface area contributed by atoms with Gasteiger partial charge in [0.25, 0.3) is 0 Å². The maximum Gasteiger partial charge on any atom is 0.146 e. The van der Waals surface area contributed by atoms with Gasteiger partial charge in [-0.3, -0.25) is 0 Å². The normalized spacial score (nSPS) is 16.8. The third-order valence-corrected chi connectivity index (χ3v) is 4.13. The summed E-state index contributed by atoms with van der Waals surface area (Å²) in [5, 5.41) is 9.19. The fourth-order valence-electron chi connectivity index (χ4n) is 2.71. The molecule has 1 aliphatic rings. The highest BCUT2D eigenvalue weighted by Crippen LogP contribution is 2.37. The van der Waals surface area contributed by atoms with Crippen LogP contribution in [-0.2, 0) is 0 Å². The number of likely N-dealkylation sites (N-methyl/N-ethyl adjacent to an activating group) is 2. The minimum absolute atomic E-state index is 0.213. The Balaban J connectivity index is 2.21. The minimum Gasteiger partial charge on any atom is -0.397 e. The van der Waals surface area contributed by atoms with E-state index in [1.54, 1.807) is 12.3 Å². The van der Waals surface area contributed by atoms with E-state index in [2.05, 4.69) is 34.9 Å². The minimum atomic E-state index is 0.213. The summed E-state index contributed by atoms with van der Waals surface area (Å²) in [6.45, 7) is 0.881. The van der Waals surface area contributed by atoms with Gasteiger partial charge >= 0.3 is 0 Å². The topological polar surface area (TPSA) is 69.2 Å². The van der Waals surface area contributed by atoms with E-state index in [4.69, 9.17) is 5.73 Å². The fourth-order valence-corrected chi connectivity index (χ4v) is 2.71. The Kier molecular flexibility index (Phi) is 3.63. The molecule has 0 bridgehead atoms. The molecule has 0 spiro atoms. The first-order valence-electron chi connectivity index (χ1n) is 6.53. The second-order valence-corrected chi connectivity index (χ2v) is 5.58. The van der Waals surface area contributed by atoms with Crippen LogP contribution in [0.4, 0.5) is 11.5 Å². The summed E-state index contributed by atoms with van der Waals surface area (Å²) >= 11 is 0. The molecule has 5 nitrogen and oxygen atoms in total. The molecule has 0 aliphatic heterocycles. The maximum atomic E-state index is 9.19. The highest BCUT2D eigenvalue weighted by molar-refractivity contribution is 5.58. The number of nitrogen functional groups attached to an aromatic ring is 1. The SMILES string of the molecule is CN(CC1(N(C)C)CCC1)c1ncc(N)cc1C#N. The van der Waals surface area contributed by atoms with Gasteiger partial charge < -0.3 is 15.5 Å². The van der Waals surface area contributed by atoms with Crippen LogP contribution in [0.15, 0.2) is 12.3 Å². The first kappa shape index (κ1) is 13.6. The van der Waals surface area contributed by atoms with Gasteiger partial charge in [0, 0.05) is 19.1 Å². The van der Waals surface area contributed by atoms with Crippen molar-refractivity contribution in [1.29, 1.82) is 5.26 Å². The third kappa shape index (κ3) is 2.49. The zero-order valence-electron chi connectivity index (χ0n) is 11.8. The van der Waals surface area contributed by atoms with E-state index < -0.39 is 0 Å². The second kappa shape index (κ2) is 5.06. The van der Waals surface area contributed by atoms with Crippen molar-refractivity contribution in [3.63, 3.8) is 0 Å². The standard InChI is InChI=1S/C14H21N5/c1-18(2)14(5-4-6-14)10-19(3)13-11(8-15)7-12(16)9-17-13/h7,9H,4-6,10,16H2,1-3H3. The molecule has 1 fully saturated rings. The molecule has 0 saturated heterocycles. The highest BCUT2D eigenvalue weighted by Gasteiger charge is 2.40. The van der Waals surface area contributed by atoms with Crippen LogP contribution in [0.5, 0.6) is 0 Å². The number of hydrogen-bond donors (Lipinski definition) is 1. The van der Waals surface area contributed by atoms with Crippen LogP contribution in [0.2, 0.25) is 0 Å². The lowest BCUT2D eigenvalue weighted by Gasteiger charge is -2.49. The number of aromatic nitrogens is 1. The van der Waals surface area contributed by atoms with Crippen molar-refractivity contribution < 1.29 is 0 Å². The van der Waals surface area contributed by atoms with E-state index in [0.29, 0.717) is 17.1 Å². The molecule has 0 amide bonds. The number of nitriles is 1. The molecule has 0 atom stereocenters. The summed E-state index contributed by atoms with van der Waals surface area (Å²) in [4.78, 5) is 8.67. The molecule has 0 unspecified atom stereocenters. The van der Waals surface area contributed by atoms with Gasteiger partial charge in [-0.25, -0.2) is 4.98 Å². The first-order valence-corrected chi connectivity index (χ1v) is 6.53. The van der Waals surface area contributed by atoms with Gasteiger partial charge in [0.05, 0.1) is 17.4 Å². The summed E-state index contributed by atoms with van der Waals surface area (Å²) < 4.78 is 0. The van der Waals surface area contributed by atoms with Crippen LogP contribution in [0.25, 0.3) is 0 Å². The van der Waals surface area contributed by atoms with Crippen molar-refractivity contribution >= 4 is 11.5 Å². The lowest BCUT2D eigenvalue weighted by molar-refractivity contribution is 0.0682. The van der Waals surface area contributed by atoms with Crippen molar-refractivity contribution in [3.8, 4) is 6.07 Å². The van der Waals surface area contributed by atoms with Crippen LogP contribution in [0.1, 0.15) is 24.8 Å². The van der Waals surface area contributed by atoms with Crippen molar-refractivity contribution in [2.45, 2.75) is 24.8 Å². The lowest BCUT2D eigenvalue weighted by Crippen LogP contribution is -2.57. The third-order valence-electron chi connectivity index (χ3n) is 4.13. The van der Waals surface area contributed by atoms with Crippen molar-refractivity contribution in [3.05, 3.63) is 17.8 Å². The van der Waals surface area contributed by atoms with Crippen LogP contribution in [0.3, 0.4) is 0 Å². The van der Waals surface area contributed by atoms with Crippen molar-refractivity contribution in [2.75, 3.05) is 38.3 Å². The molecule has 2 N–H and O–H groups in total. The van der Waals surface area contributed by atoms with E-state index in [1.165, 1.54) is 19.3 Å². The average Bonchev–Trinajstić information content (AvgIpc) is 2.32. The number of rotatable bonds is 4. The van der Waals surface area contributed by atoms with E-state index in [0.717, 1.165) is 6.54 Å². The predicted molar refractivity (Wildman–Crippen MR) is 76.9 cm³/mol. The molecule has 19 heavy (non-hydrogen) atoms. The second-order valence-electron chi connectivity index (χ2n) is 5.58. The van der Waals surface area contributed by atoms with Crippen molar-refractivity contribution in [1.82, 2.24) is 9.88 Å². The Hall–Kier alpha value is -1.80. The van der Waals surface area contributed by atoms with Gasteiger partial charge in [0.1, 0.15) is 11.9 Å². The lowest BCUT2D eigenvalue weighted by atomic mass is 9.75. The smallest absolute Gasteiger partial charge is 0.146 e. The molecule has 2 rings (SSSR count). The molecule has 1 saturated carbocycles. The van der Waals surface area contributed by atoms with Crippen LogP contribution < -0.4 is 10.6 Å². The van der Waals surface area contributed by atoms with E-state index in [9.17, 15) is 5.26 Å². The molecule has 1 aromatic heterocycles. The fraction of sp³-hybridized carbons (Fsp3) is 0.571. The van der Waals surface area contributed by atoms with Gasteiger partial charge in [0.15, 0.2) is 0 Å². The zero-order chi connectivity index (χ0) is 14.0. The van der Waals surface area contributed by atoms with E-state index in [-0.39, 0.29) is 5.54 Å². The monoisotopic (exact) mass is 259 g/mol. The number of anilines is 2. The van der Waals surface area contributed by atoms with E-state index in [1.807, 2.05) is 7.05 Å².